The van der Waals surface area contributed by atoms with E-state index in [9.17, 15) is 9.18 Å². The molecule has 0 aromatic heterocycles. The molecule has 2 aromatic carbocycles. The Morgan fingerprint density at radius 1 is 1.29 bits per heavy atom. The van der Waals surface area contributed by atoms with Gasteiger partial charge >= 0.3 is 0 Å². The number of anilines is 1. The highest BCUT2D eigenvalue weighted by atomic mass is 32.2. The zero-order chi connectivity index (χ0) is 16.9. The van der Waals surface area contributed by atoms with Crippen LogP contribution in [-0.2, 0) is 11.2 Å². The minimum Gasteiger partial charge on any atom is -0.356 e. The van der Waals surface area contributed by atoms with Crippen LogP contribution in [-0.4, -0.2) is 12.5 Å². The molecule has 1 aliphatic rings. The van der Waals surface area contributed by atoms with Crippen molar-refractivity contribution in [1.29, 1.82) is 0 Å². The SMILES string of the molecule is CC(=O)NCC1CCCc2cc(NSc3cccc(F)c3)ccc21. The van der Waals surface area contributed by atoms with Crippen LogP contribution in [0.2, 0.25) is 0 Å². The third kappa shape index (κ3) is 4.29. The normalized spacial score (nSPS) is 16.3. The lowest BCUT2D eigenvalue weighted by molar-refractivity contribution is -0.119. The highest BCUT2D eigenvalue weighted by Gasteiger charge is 2.20. The molecule has 1 amide bonds. The van der Waals surface area contributed by atoms with Crippen LogP contribution in [0.5, 0.6) is 0 Å². The Bertz CT molecular complexity index is 735. The Balaban J connectivity index is 1.68. The average Bonchev–Trinajstić information content (AvgIpc) is 2.58. The molecule has 2 aromatic rings. The van der Waals surface area contributed by atoms with Crippen molar-refractivity contribution in [2.45, 2.75) is 37.0 Å². The third-order valence-corrected chi connectivity index (χ3v) is 5.09. The molecule has 1 unspecified atom stereocenters. The maximum Gasteiger partial charge on any atom is 0.216 e. The molecule has 0 fully saturated rings. The van der Waals surface area contributed by atoms with Crippen molar-refractivity contribution < 1.29 is 9.18 Å². The smallest absolute Gasteiger partial charge is 0.216 e. The lowest BCUT2D eigenvalue weighted by Crippen LogP contribution is -2.27. The fraction of sp³-hybridized carbons (Fsp3) is 0.316. The molecule has 3 rings (SSSR count). The molecule has 0 saturated heterocycles. The van der Waals surface area contributed by atoms with Crippen LogP contribution in [0.15, 0.2) is 47.4 Å². The summed E-state index contributed by atoms with van der Waals surface area (Å²) >= 11 is 1.41. The van der Waals surface area contributed by atoms with E-state index >= 15 is 0 Å². The molecule has 0 radical (unpaired) electrons. The molecule has 0 aliphatic heterocycles. The molecular formula is C19H21FN2OS. The number of benzene rings is 2. The number of fused-ring (bicyclic) bond motifs is 1. The topological polar surface area (TPSA) is 41.1 Å². The van der Waals surface area contributed by atoms with Crippen molar-refractivity contribution in [3.8, 4) is 0 Å². The molecule has 0 spiro atoms. The van der Waals surface area contributed by atoms with E-state index in [0.717, 1.165) is 29.8 Å². The van der Waals surface area contributed by atoms with Gasteiger partial charge in [-0.2, -0.15) is 0 Å². The monoisotopic (exact) mass is 344 g/mol. The zero-order valence-electron chi connectivity index (χ0n) is 13.6. The summed E-state index contributed by atoms with van der Waals surface area (Å²) in [7, 11) is 0. The summed E-state index contributed by atoms with van der Waals surface area (Å²) in [6.45, 7) is 2.26. The highest BCUT2D eigenvalue weighted by Crippen LogP contribution is 2.33. The Labute approximate surface area is 146 Å². The van der Waals surface area contributed by atoms with E-state index in [1.165, 1.54) is 35.2 Å². The van der Waals surface area contributed by atoms with Gasteiger partial charge in [-0.15, -0.1) is 0 Å². The summed E-state index contributed by atoms with van der Waals surface area (Å²) in [4.78, 5) is 12.0. The summed E-state index contributed by atoms with van der Waals surface area (Å²) in [5.41, 5.74) is 3.68. The lowest BCUT2D eigenvalue weighted by Gasteiger charge is -2.26. The average molecular weight is 344 g/mol. The first-order chi connectivity index (χ1) is 11.6. The predicted molar refractivity (Wildman–Crippen MR) is 96.7 cm³/mol. The summed E-state index contributed by atoms with van der Waals surface area (Å²) in [6.07, 6.45) is 3.31. The van der Waals surface area contributed by atoms with Crippen LogP contribution in [0.25, 0.3) is 0 Å². The highest BCUT2D eigenvalue weighted by molar-refractivity contribution is 8.00. The molecule has 1 atom stereocenters. The number of hydrogen-bond acceptors (Lipinski definition) is 3. The van der Waals surface area contributed by atoms with Crippen molar-refractivity contribution >= 4 is 23.5 Å². The Morgan fingerprint density at radius 3 is 2.96 bits per heavy atom. The van der Waals surface area contributed by atoms with Gasteiger partial charge in [0.05, 0.1) is 0 Å². The van der Waals surface area contributed by atoms with E-state index in [-0.39, 0.29) is 11.7 Å². The second-order valence-corrected chi connectivity index (χ2v) is 6.98. The number of carbonyl (C=O) groups is 1. The maximum absolute atomic E-state index is 13.2. The van der Waals surface area contributed by atoms with Gasteiger partial charge in [-0.05, 0) is 72.7 Å². The fourth-order valence-electron chi connectivity index (χ4n) is 3.11. The first-order valence-electron chi connectivity index (χ1n) is 8.17. The molecular weight excluding hydrogens is 323 g/mol. The molecule has 24 heavy (non-hydrogen) atoms. The van der Waals surface area contributed by atoms with Gasteiger partial charge in [-0.25, -0.2) is 4.39 Å². The van der Waals surface area contributed by atoms with E-state index in [4.69, 9.17) is 0 Å². The molecule has 0 bridgehead atoms. The van der Waals surface area contributed by atoms with Gasteiger partial charge in [0, 0.05) is 30.0 Å². The number of hydrogen-bond donors (Lipinski definition) is 2. The minimum absolute atomic E-state index is 0.0203. The van der Waals surface area contributed by atoms with Gasteiger partial charge in [0.2, 0.25) is 5.91 Å². The third-order valence-electron chi connectivity index (χ3n) is 4.26. The van der Waals surface area contributed by atoms with E-state index in [1.54, 1.807) is 13.0 Å². The van der Waals surface area contributed by atoms with Crippen LogP contribution >= 0.6 is 11.9 Å². The van der Waals surface area contributed by atoms with E-state index in [2.05, 4.69) is 28.2 Å². The van der Waals surface area contributed by atoms with Gasteiger partial charge in [-0.3, -0.25) is 4.79 Å². The number of halogens is 1. The van der Waals surface area contributed by atoms with Crippen molar-refractivity contribution in [3.05, 3.63) is 59.4 Å². The molecule has 1 aliphatic carbocycles. The summed E-state index contributed by atoms with van der Waals surface area (Å²) in [5.74, 6) is 0.183. The molecule has 3 nitrogen and oxygen atoms in total. The quantitative estimate of drug-likeness (QED) is 0.785. The Hall–Kier alpha value is -2.01. The molecule has 5 heteroatoms. The Kier molecular flexibility index (Phi) is 5.41. The van der Waals surface area contributed by atoms with Crippen LogP contribution in [0, 0.1) is 5.82 Å². The molecule has 0 saturated carbocycles. The van der Waals surface area contributed by atoms with E-state index < -0.39 is 0 Å². The van der Waals surface area contributed by atoms with Gasteiger partial charge < -0.3 is 10.0 Å². The minimum atomic E-state index is -0.229. The molecule has 0 heterocycles. The summed E-state index contributed by atoms with van der Waals surface area (Å²) < 4.78 is 16.5. The number of rotatable bonds is 5. The number of amides is 1. The first kappa shape index (κ1) is 16.8. The van der Waals surface area contributed by atoms with Gasteiger partial charge in [0.25, 0.3) is 0 Å². The van der Waals surface area contributed by atoms with Gasteiger partial charge in [0.15, 0.2) is 0 Å². The number of carbonyl (C=O) groups excluding carboxylic acids is 1. The van der Waals surface area contributed by atoms with Crippen molar-refractivity contribution in [2.24, 2.45) is 0 Å². The second kappa shape index (κ2) is 7.71. The van der Waals surface area contributed by atoms with E-state index in [0.29, 0.717) is 12.5 Å². The van der Waals surface area contributed by atoms with Crippen molar-refractivity contribution in [1.82, 2.24) is 5.32 Å². The van der Waals surface area contributed by atoms with Crippen LogP contribution in [0.1, 0.15) is 36.8 Å². The molecule has 126 valence electrons. The van der Waals surface area contributed by atoms with Crippen molar-refractivity contribution in [3.63, 3.8) is 0 Å². The molecule has 2 N–H and O–H groups in total. The van der Waals surface area contributed by atoms with Crippen LogP contribution in [0.4, 0.5) is 10.1 Å². The van der Waals surface area contributed by atoms with Crippen molar-refractivity contribution in [2.75, 3.05) is 11.3 Å². The standard InChI is InChI=1S/C19H21FN2OS/c1-13(23)21-12-15-5-2-4-14-10-17(8-9-19(14)15)22-24-18-7-3-6-16(20)11-18/h3,6-11,15,22H,2,4-5,12H2,1H3,(H,21,23). The summed E-state index contributed by atoms with van der Waals surface area (Å²) in [6, 6.07) is 12.9. The largest absolute Gasteiger partial charge is 0.356 e. The van der Waals surface area contributed by atoms with Gasteiger partial charge in [0.1, 0.15) is 5.82 Å². The van der Waals surface area contributed by atoms with Gasteiger partial charge in [-0.1, -0.05) is 12.1 Å². The van der Waals surface area contributed by atoms with E-state index in [1.807, 2.05) is 6.07 Å². The second-order valence-electron chi connectivity index (χ2n) is 6.10. The van der Waals surface area contributed by atoms with Crippen LogP contribution in [0.3, 0.4) is 0 Å². The fourth-order valence-corrected chi connectivity index (χ4v) is 3.79. The number of aryl methyl sites for hydroxylation is 1. The maximum atomic E-state index is 13.2. The zero-order valence-corrected chi connectivity index (χ0v) is 14.5. The summed E-state index contributed by atoms with van der Waals surface area (Å²) in [5, 5.41) is 2.93. The van der Waals surface area contributed by atoms with Crippen LogP contribution < -0.4 is 10.0 Å². The number of nitrogens with one attached hydrogen (secondary N) is 2. The first-order valence-corrected chi connectivity index (χ1v) is 8.99. The Morgan fingerprint density at radius 2 is 2.17 bits per heavy atom. The lowest BCUT2D eigenvalue weighted by atomic mass is 9.82. The predicted octanol–water partition coefficient (Wildman–Crippen LogP) is 4.50.